The highest BCUT2D eigenvalue weighted by Gasteiger charge is 2.35. The number of fused-ring (bicyclic) bond motifs is 2. The Bertz CT molecular complexity index is 2060. The van der Waals surface area contributed by atoms with Crippen LogP contribution in [0, 0.1) is 0 Å². The van der Waals surface area contributed by atoms with Crippen molar-refractivity contribution in [2.75, 3.05) is 35.5 Å². The minimum absolute atomic E-state index is 0.0449. The first-order chi connectivity index (χ1) is 22.1. The molecule has 0 saturated heterocycles. The molecule has 2 heterocycles. The van der Waals surface area contributed by atoms with E-state index in [0.717, 1.165) is 0 Å². The standard InChI is InChI=1S/C34H32O12/c1-16(2)27(24(36)22-20(40-4)14-10-17-11-15-21(35)44-28(17)22)45-34-32(42-6)26(38)23-25(37)31(41-5)29(46-30(23)33(34)43-7)18-8-12-19(39-3)13-9-18/h8-15,24,27,36,38H,1H2,2-7H3. The van der Waals surface area contributed by atoms with Crippen LogP contribution in [0.5, 0.6) is 40.2 Å². The third kappa shape index (κ3) is 5.32. The minimum Gasteiger partial charge on any atom is -0.504 e. The van der Waals surface area contributed by atoms with Gasteiger partial charge in [0, 0.05) is 17.0 Å². The molecule has 240 valence electrons. The number of aliphatic hydroxyl groups is 1. The monoisotopic (exact) mass is 632 g/mol. The van der Waals surface area contributed by atoms with Gasteiger partial charge in [0.15, 0.2) is 17.1 Å². The Balaban J connectivity index is 1.76. The van der Waals surface area contributed by atoms with E-state index in [-0.39, 0.29) is 56.6 Å². The lowest BCUT2D eigenvalue weighted by atomic mass is 9.96. The van der Waals surface area contributed by atoms with Gasteiger partial charge in [0.1, 0.15) is 34.7 Å². The molecule has 0 aliphatic rings. The first-order valence-corrected chi connectivity index (χ1v) is 13.9. The van der Waals surface area contributed by atoms with Gasteiger partial charge in [0.05, 0.1) is 41.1 Å². The normalized spacial score (nSPS) is 12.4. The Labute approximate surface area is 262 Å². The molecule has 0 amide bonds. The molecule has 0 spiro atoms. The molecule has 3 aromatic carbocycles. The highest BCUT2D eigenvalue weighted by molar-refractivity contribution is 5.96. The second-order valence-corrected chi connectivity index (χ2v) is 10.2. The SMILES string of the molecule is C=C(C)C(Oc1c(OC)c(O)c2c(=O)c(OC)c(-c3ccc(OC)cc3)oc2c1OC)C(O)c1c(OC)ccc2ccc(=O)oc12. The maximum absolute atomic E-state index is 13.8. The molecular weight excluding hydrogens is 600 g/mol. The number of rotatable bonds is 11. The molecule has 2 unspecified atom stereocenters. The van der Waals surface area contributed by atoms with Crippen LogP contribution < -0.4 is 39.5 Å². The molecular formula is C34H32O12. The molecule has 12 heteroatoms. The Morgan fingerprint density at radius 2 is 1.41 bits per heavy atom. The molecule has 46 heavy (non-hydrogen) atoms. The molecule has 0 fully saturated rings. The largest absolute Gasteiger partial charge is 0.504 e. The van der Waals surface area contributed by atoms with Crippen LogP contribution in [-0.4, -0.2) is 51.9 Å². The van der Waals surface area contributed by atoms with E-state index >= 15 is 0 Å². The summed E-state index contributed by atoms with van der Waals surface area (Å²) in [4.78, 5) is 25.9. The first-order valence-electron chi connectivity index (χ1n) is 13.9. The van der Waals surface area contributed by atoms with Gasteiger partial charge in [0.25, 0.3) is 0 Å². The van der Waals surface area contributed by atoms with E-state index in [1.54, 1.807) is 49.4 Å². The zero-order valence-corrected chi connectivity index (χ0v) is 26.0. The molecule has 5 aromatic rings. The number of ether oxygens (including phenoxy) is 6. The number of hydrogen-bond donors (Lipinski definition) is 2. The summed E-state index contributed by atoms with van der Waals surface area (Å²) in [6.45, 7) is 5.59. The lowest BCUT2D eigenvalue weighted by Gasteiger charge is -2.28. The predicted molar refractivity (Wildman–Crippen MR) is 169 cm³/mol. The van der Waals surface area contributed by atoms with Crippen LogP contribution in [0.3, 0.4) is 0 Å². The minimum atomic E-state index is -1.54. The number of benzene rings is 3. The van der Waals surface area contributed by atoms with E-state index in [1.165, 1.54) is 41.6 Å². The fraction of sp³-hybridized carbons (Fsp3) is 0.235. The molecule has 0 aliphatic heterocycles. The first kappa shape index (κ1) is 31.8. The van der Waals surface area contributed by atoms with Crippen molar-refractivity contribution in [3.8, 4) is 51.6 Å². The molecule has 2 aromatic heterocycles. The van der Waals surface area contributed by atoms with Gasteiger partial charge in [-0.3, -0.25) is 4.79 Å². The van der Waals surface area contributed by atoms with E-state index in [2.05, 4.69) is 6.58 Å². The molecule has 2 N–H and O–H groups in total. The third-order valence-electron chi connectivity index (χ3n) is 7.43. The Morgan fingerprint density at radius 1 is 0.761 bits per heavy atom. The molecule has 0 radical (unpaired) electrons. The molecule has 5 rings (SSSR count). The van der Waals surface area contributed by atoms with Gasteiger partial charge in [-0.25, -0.2) is 4.79 Å². The van der Waals surface area contributed by atoms with Crippen molar-refractivity contribution >= 4 is 21.9 Å². The van der Waals surface area contributed by atoms with Crippen LogP contribution in [0.25, 0.3) is 33.3 Å². The van der Waals surface area contributed by atoms with E-state index in [4.69, 9.17) is 37.3 Å². The van der Waals surface area contributed by atoms with Gasteiger partial charge in [-0.15, -0.1) is 0 Å². The average Bonchev–Trinajstić information content (AvgIpc) is 3.05. The van der Waals surface area contributed by atoms with Gasteiger partial charge in [-0.1, -0.05) is 6.58 Å². The van der Waals surface area contributed by atoms with Crippen molar-refractivity contribution in [1.29, 1.82) is 0 Å². The van der Waals surface area contributed by atoms with E-state index in [1.807, 2.05) is 0 Å². The second kappa shape index (κ2) is 12.8. The highest BCUT2D eigenvalue weighted by Crippen LogP contribution is 2.52. The van der Waals surface area contributed by atoms with Crippen molar-refractivity contribution < 1.29 is 47.5 Å². The van der Waals surface area contributed by atoms with Gasteiger partial charge in [0.2, 0.25) is 28.4 Å². The van der Waals surface area contributed by atoms with Crippen molar-refractivity contribution in [3.05, 3.63) is 86.9 Å². The van der Waals surface area contributed by atoms with E-state index in [0.29, 0.717) is 22.3 Å². The zero-order chi connectivity index (χ0) is 33.3. The third-order valence-corrected chi connectivity index (χ3v) is 7.43. The quantitative estimate of drug-likeness (QED) is 0.142. The Hall–Kier alpha value is -5.62. The number of aliphatic hydroxyl groups excluding tert-OH is 1. The molecule has 2 atom stereocenters. The maximum atomic E-state index is 13.8. The smallest absolute Gasteiger partial charge is 0.336 e. The van der Waals surface area contributed by atoms with Crippen LogP contribution >= 0.6 is 0 Å². The average molecular weight is 633 g/mol. The van der Waals surface area contributed by atoms with Crippen molar-refractivity contribution in [1.82, 2.24) is 0 Å². The lowest BCUT2D eigenvalue weighted by molar-refractivity contribution is 0.0522. The highest BCUT2D eigenvalue weighted by atomic mass is 16.6. The van der Waals surface area contributed by atoms with Crippen LogP contribution in [0.15, 0.2) is 79.1 Å². The summed E-state index contributed by atoms with van der Waals surface area (Å²) in [6.07, 6.45) is -2.80. The van der Waals surface area contributed by atoms with E-state index < -0.39 is 29.0 Å². The number of phenols is 1. The number of aromatic hydroxyl groups is 1. The topological polar surface area (TPSA) is 156 Å². The number of phenolic OH excluding ortho intramolecular Hbond substituents is 1. The van der Waals surface area contributed by atoms with Gasteiger partial charge in [-0.05, 0) is 55.0 Å². The lowest BCUT2D eigenvalue weighted by Crippen LogP contribution is -2.27. The fourth-order valence-corrected chi connectivity index (χ4v) is 5.23. The van der Waals surface area contributed by atoms with Gasteiger partial charge < -0.3 is 47.5 Å². The molecule has 0 bridgehead atoms. The van der Waals surface area contributed by atoms with E-state index in [9.17, 15) is 19.8 Å². The number of hydrogen-bond acceptors (Lipinski definition) is 12. The Morgan fingerprint density at radius 3 is 2.00 bits per heavy atom. The van der Waals surface area contributed by atoms with Crippen molar-refractivity contribution in [2.24, 2.45) is 0 Å². The number of methoxy groups -OCH3 is 5. The van der Waals surface area contributed by atoms with Gasteiger partial charge in [-0.2, -0.15) is 0 Å². The summed E-state index contributed by atoms with van der Waals surface area (Å²) in [5.41, 5.74) is -0.537. The summed E-state index contributed by atoms with van der Waals surface area (Å²) in [5.74, 6) is -0.587. The maximum Gasteiger partial charge on any atom is 0.336 e. The van der Waals surface area contributed by atoms with Crippen LogP contribution in [-0.2, 0) is 0 Å². The summed E-state index contributed by atoms with van der Waals surface area (Å²) >= 11 is 0. The zero-order valence-electron chi connectivity index (χ0n) is 26.0. The van der Waals surface area contributed by atoms with Crippen LogP contribution in [0.2, 0.25) is 0 Å². The van der Waals surface area contributed by atoms with Crippen molar-refractivity contribution in [2.45, 2.75) is 19.1 Å². The second-order valence-electron chi connectivity index (χ2n) is 10.2. The fourth-order valence-electron chi connectivity index (χ4n) is 5.23. The van der Waals surface area contributed by atoms with Crippen molar-refractivity contribution in [3.63, 3.8) is 0 Å². The molecule has 0 saturated carbocycles. The summed E-state index contributed by atoms with van der Waals surface area (Å²) in [6, 6.07) is 12.8. The summed E-state index contributed by atoms with van der Waals surface area (Å²) in [5, 5.41) is 23.4. The van der Waals surface area contributed by atoms with Crippen LogP contribution in [0.1, 0.15) is 18.6 Å². The Kier molecular flexibility index (Phi) is 8.83. The predicted octanol–water partition coefficient (Wildman–Crippen LogP) is 5.37. The molecule has 0 aliphatic carbocycles. The van der Waals surface area contributed by atoms with Crippen LogP contribution in [0.4, 0.5) is 0 Å². The summed E-state index contributed by atoms with van der Waals surface area (Å²) < 4.78 is 45.4. The van der Waals surface area contributed by atoms with Gasteiger partial charge >= 0.3 is 5.63 Å². The molecule has 12 nitrogen and oxygen atoms in total. The summed E-state index contributed by atoms with van der Waals surface area (Å²) in [7, 11) is 6.79.